The second kappa shape index (κ2) is 9.86. The van der Waals surface area contributed by atoms with E-state index in [0.29, 0.717) is 46.0 Å². The van der Waals surface area contributed by atoms with Crippen molar-refractivity contribution in [3.8, 4) is 17.6 Å². The van der Waals surface area contributed by atoms with E-state index in [-0.39, 0.29) is 5.57 Å². The zero-order chi connectivity index (χ0) is 19.8. The number of nitriles is 1. The van der Waals surface area contributed by atoms with Gasteiger partial charge in [-0.05, 0) is 38.1 Å². The van der Waals surface area contributed by atoms with Gasteiger partial charge in [-0.25, -0.2) is 0 Å². The molecule has 0 radical (unpaired) electrons. The monoisotopic (exact) mass is 404 g/mol. The van der Waals surface area contributed by atoms with Crippen LogP contribution < -0.4 is 14.8 Å². The molecule has 0 unspecified atom stereocenters. The fourth-order valence-corrected chi connectivity index (χ4v) is 2.68. The molecule has 0 aromatic heterocycles. The Kier molecular flexibility index (Phi) is 7.54. The predicted octanol–water partition coefficient (Wildman–Crippen LogP) is 5.34. The fraction of sp³-hybridized carbons (Fsp3) is 0.200. The maximum atomic E-state index is 12.5. The molecule has 0 heterocycles. The van der Waals surface area contributed by atoms with Crippen LogP contribution in [0.4, 0.5) is 5.69 Å². The fourth-order valence-electron chi connectivity index (χ4n) is 2.27. The van der Waals surface area contributed by atoms with Gasteiger partial charge < -0.3 is 14.8 Å². The molecule has 5 nitrogen and oxygen atoms in total. The first-order chi connectivity index (χ1) is 13.0. The first kappa shape index (κ1) is 20.6. The molecule has 0 atom stereocenters. The van der Waals surface area contributed by atoms with Gasteiger partial charge in [-0.15, -0.1) is 0 Å². The highest BCUT2D eigenvalue weighted by atomic mass is 35.5. The van der Waals surface area contributed by atoms with Gasteiger partial charge in [-0.1, -0.05) is 35.3 Å². The number of nitrogens with zero attached hydrogens (tertiary/aromatic N) is 1. The summed E-state index contributed by atoms with van der Waals surface area (Å²) in [5.41, 5.74) is 0.798. The maximum Gasteiger partial charge on any atom is 0.266 e. The summed E-state index contributed by atoms with van der Waals surface area (Å²) in [6.45, 7) is 4.53. The van der Waals surface area contributed by atoms with E-state index >= 15 is 0 Å². The summed E-state index contributed by atoms with van der Waals surface area (Å²) < 4.78 is 11.1. The van der Waals surface area contributed by atoms with Crippen molar-refractivity contribution in [2.45, 2.75) is 13.8 Å². The molecule has 1 amide bonds. The van der Waals surface area contributed by atoms with E-state index in [1.165, 1.54) is 6.08 Å². The lowest BCUT2D eigenvalue weighted by Gasteiger charge is -2.13. The second-order valence-corrected chi connectivity index (χ2v) is 6.10. The molecule has 7 heteroatoms. The third kappa shape index (κ3) is 5.40. The highest BCUT2D eigenvalue weighted by Gasteiger charge is 2.15. The van der Waals surface area contributed by atoms with E-state index in [1.54, 1.807) is 36.4 Å². The average Bonchev–Trinajstić information content (AvgIpc) is 2.65. The zero-order valence-electron chi connectivity index (χ0n) is 14.9. The van der Waals surface area contributed by atoms with Crippen LogP contribution in [0.25, 0.3) is 6.08 Å². The highest BCUT2D eigenvalue weighted by Crippen LogP contribution is 2.34. The van der Waals surface area contributed by atoms with Gasteiger partial charge in [0.15, 0.2) is 0 Å². The van der Waals surface area contributed by atoms with Crippen molar-refractivity contribution >= 4 is 40.9 Å². The summed E-state index contributed by atoms with van der Waals surface area (Å²) in [7, 11) is 0. The van der Waals surface area contributed by atoms with Crippen LogP contribution in [0, 0.1) is 11.3 Å². The Morgan fingerprint density at radius 2 is 1.78 bits per heavy atom. The van der Waals surface area contributed by atoms with E-state index in [1.807, 2.05) is 19.9 Å². The first-order valence-electron chi connectivity index (χ1n) is 8.26. The third-order valence-electron chi connectivity index (χ3n) is 3.45. The van der Waals surface area contributed by atoms with Crippen LogP contribution in [-0.4, -0.2) is 19.1 Å². The van der Waals surface area contributed by atoms with Gasteiger partial charge in [0.25, 0.3) is 5.91 Å². The molecule has 0 aliphatic heterocycles. The van der Waals surface area contributed by atoms with Crippen molar-refractivity contribution < 1.29 is 14.3 Å². The number of rotatable bonds is 7. The van der Waals surface area contributed by atoms with E-state index < -0.39 is 5.91 Å². The Labute approximate surface area is 168 Å². The van der Waals surface area contributed by atoms with Crippen LogP contribution in [-0.2, 0) is 4.79 Å². The smallest absolute Gasteiger partial charge is 0.266 e. The first-order valence-corrected chi connectivity index (χ1v) is 9.02. The molecule has 27 heavy (non-hydrogen) atoms. The van der Waals surface area contributed by atoms with Gasteiger partial charge in [-0.3, -0.25) is 4.79 Å². The largest absolute Gasteiger partial charge is 0.493 e. The average molecular weight is 405 g/mol. The maximum absolute atomic E-state index is 12.5. The summed E-state index contributed by atoms with van der Waals surface area (Å²) in [5.74, 6) is 0.348. The van der Waals surface area contributed by atoms with Crippen molar-refractivity contribution in [3.05, 3.63) is 57.6 Å². The number of carbonyl (C=O) groups excluding carboxylic acids is 1. The summed E-state index contributed by atoms with van der Waals surface area (Å²) in [4.78, 5) is 12.5. The van der Waals surface area contributed by atoms with Crippen molar-refractivity contribution in [2.75, 3.05) is 18.5 Å². The van der Waals surface area contributed by atoms with Gasteiger partial charge in [-0.2, -0.15) is 5.26 Å². The molecule has 0 aliphatic rings. The normalized spacial score (nSPS) is 10.9. The number of halogens is 2. The molecule has 1 N–H and O–H groups in total. The SMILES string of the molecule is CCOc1cc(OCC)c(/C=C(\C#N)C(=O)Nc2ccccc2Cl)cc1Cl. The lowest BCUT2D eigenvalue weighted by molar-refractivity contribution is -0.112. The van der Waals surface area contributed by atoms with E-state index in [0.717, 1.165) is 0 Å². The minimum absolute atomic E-state index is 0.115. The number of hydrogen-bond acceptors (Lipinski definition) is 4. The van der Waals surface area contributed by atoms with E-state index in [4.69, 9.17) is 32.7 Å². The molecule has 2 aromatic carbocycles. The Bertz CT molecular complexity index is 905. The van der Waals surface area contributed by atoms with Crippen molar-refractivity contribution in [2.24, 2.45) is 0 Å². The molecule has 0 fully saturated rings. The molecule has 2 aromatic rings. The highest BCUT2D eigenvalue weighted by molar-refractivity contribution is 6.34. The molecular weight excluding hydrogens is 387 g/mol. The summed E-state index contributed by atoms with van der Waals surface area (Å²) in [6, 6.07) is 11.9. The van der Waals surface area contributed by atoms with Crippen molar-refractivity contribution in [3.63, 3.8) is 0 Å². The summed E-state index contributed by atoms with van der Waals surface area (Å²) in [6.07, 6.45) is 1.42. The van der Waals surface area contributed by atoms with Crippen LogP contribution in [0.1, 0.15) is 19.4 Å². The molecule has 0 bridgehead atoms. The van der Waals surface area contributed by atoms with Gasteiger partial charge in [0, 0.05) is 11.6 Å². The van der Waals surface area contributed by atoms with Crippen molar-refractivity contribution in [1.29, 1.82) is 5.26 Å². The molecular formula is C20H18Cl2N2O3. The molecule has 0 spiro atoms. The van der Waals surface area contributed by atoms with Crippen LogP contribution in [0.3, 0.4) is 0 Å². The van der Waals surface area contributed by atoms with Crippen LogP contribution in [0.2, 0.25) is 10.0 Å². The van der Waals surface area contributed by atoms with Crippen LogP contribution >= 0.6 is 23.2 Å². The van der Waals surface area contributed by atoms with E-state index in [2.05, 4.69) is 5.32 Å². The molecule has 0 saturated heterocycles. The Morgan fingerprint density at radius 1 is 1.11 bits per heavy atom. The molecule has 140 valence electrons. The standard InChI is InChI=1S/C20H18Cl2N2O3/c1-3-26-18-11-19(27-4-2)16(22)10-13(18)9-14(12-23)20(25)24-17-8-6-5-7-15(17)21/h5-11H,3-4H2,1-2H3,(H,24,25)/b14-9+. The van der Waals surface area contributed by atoms with Crippen molar-refractivity contribution in [1.82, 2.24) is 0 Å². The third-order valence-corrected chi connectivity index (χ3v) is 4.08. The Balaban J connectivity index is 2.38. The van der Waals surface area contributed by atoms with Gasteiger partial charge >= 0.3 is 0 Å². The lowest BCUT2D eigenvalue weighted by Crippen LogP contribution is -2.13. The number of carbonyl (C=O) groups is 1. The molecule has 0 saturated carbocycles. The summed E-state index contributed by atoms with van der Waals surface area (Å²) >= 11 is 12.3. The number of para-hydroxylation sites is 1. The van der Waals surface area contributed by atoms with Crippen LogP contribution in [0.15, 0.2) is 42.0 Å². The Hall–Kier alpha value is -2.68. The van der Waals surface area contributed by atoms with Gasteiger partial charge in [0.1, 0.15) is 23.1 Å². The minimum atomic E-state index is -0.585. The molecule has 2 rings (SSSR count). The number of benzene rings is 2. The number of nitrogens with one attached hydrogen (secondary N) is 1. The lowest BCUT2D eigenvalue weighted by atomic mass is 10.1. The zero-order valence-corrected chi connectivity index (χ0v) is 16.4. The number of hydrogen-bond donors (Lipinski definition) is 1. The molecule has 0 aliphatic carbocycles. The quantitative estimate of drug-likeness (QED) is 0.499. The van der Waals surface area contributed by atoms with E-state index in [9.17, 15) is 10.1 Å². The minimum Gasteiger partial charge on any atom is -0.493 e. The second-order valence-electron chi connectivity index (χ2n) is 5.29. The number of anilines is 1. The summed E-state index contributed by atoms with van der Waals surface area (Å²) in [5, 5.41) is 12.8. The Morgan fingerprint density at radius 3 is 2.41 bits per heavy atom. The topological polar surface area (TPSA) is 71.3 Å². The van der Waals surface area contributed by atoms with Gasteiger partial charge in [0.05, 0.1) is 28.9 Å². The van der Waals surface area contributed by atoms with Gasteiger partial charge in [0.2, 0.25) is 0 Å². The number of amides is 1. The van der Waals surface area contributed by atoms with Crippen LogP contribution in [0.5, 0.6) is 11.5 Å². The number of ether oxygens (including phenoxy) is 2. The predicted molar refractivity (Wildman–Crippen MR) is 107 cm³/mol.